The Balaban J connectivity index is 1.73. The number of rotatable bonds is 2. The summed E-state index contributed by atoms with van der Waals surface area (Å²) in [5, 5.41) is 0. The minimum absolute atomic E-state index is 0.147. The smallest absolute Gasteiger partial charge is 0.233 e. The summed E-state index contributed by atoms with van der Waals surface area (Å²) < 4.78 is 25.9. The number of ether oxygens (including phenoxy) is 2. The van der Waals surface area contributed by atoms with Crippen molar-refractivity contribution in [2.75, 3.05) is 4.90 Å². The average Bonchev–Trinajstić information content (AvgIpc) is 3.06. The van der Waals surface area contributed by atoms with Crippen LogP contribution in [-0.2, 0) is 14.3 Å². The van der Waals surface area contributed by atoms with E-state index in [9.17, 15) is 14.0 Å². The van der Waals surface area contributed by atoms with E-state index in [2.05, 4.69) is 0 Å². The number of hydrogen-bond acceptors (Lipinski definition) is 4. The Morgan fingerprint density at radius 3 is 2.77 bits per heavy atom. The normalized spacial score (nSPS) is 35.0. The molecule has 116 valence electrons. The predicted octanol–water partition coefficient (Wildman–Crippen LogP) is 1.89. The Labute approximate surface area is 127 Å². The van der Waals surface area contributed by atoms with E-state index in [1.54, 1.807) is 0 Å². The van der Waals surface area contributed by atoms with Crippen LogP contribution in [0.4, 0.5) is 10.1 Å². The molecule has 0 unspecified atom stereocenters. The molecule has 1 aromatic carbocycles. The third-order valence-corrected chi connectivity index (χ3v) is 4.69. The molecular formula is C16H16FNO4. The Morgan fingerprint density at radius 2 is 2.05 bits per heavy atom. The van der Waals surface area contributed by atoms with Crippen molar-refractivity contribution >= 4 is 17.9 Å². The number of carbonyl (C=O) groups is 2. The number of piperidine rings is 1. The van der Waals surface area contributed by atoms with Crippen LogP contribution in [0.25, 0.3) is 0 Å². The van der Waals surface area contributed by atoms with E-state index in [1.807, 2.05) is 13.8 Å². The molecule has 6 heteroatoms. The monoisotopic (exact) mass is 305 g/mol. The highest BCUT2D eigenvalue weighted by Gasteiger charge is 2.64. The molecule has 1 saturated carbocycles. The lowest BCUT2D eigenvalue weighted by Gasteiger charge is -2.33. The van der Waals surface area contributed by atoms with Crippen LogP contribution < -0.4 is 4.90 Å². The summed E-state index contributed by atoms with van der Waals surface area (Å²) in [7, 11) is 0. The van der Waals surface area contributed by atoms with Crippen molar-refractivity contribution in [1.29, 1.82) is 0 Å². The summed E-state index contributed by atoms with van der Waals surface area (Å²) in [6.07, 6.45) is 0.718. The highest BCUT2D eigenvalue weighted by Crippen LogP contribution is 2.50. The quantitative estimate of drug-likeness (QED) is 0.783. The number of carbonyl (C=O) groups excluding carboxylic acids is 2. The van der Waals surface area contributed by atoms with Gasteiger partial charge in [-0.15, -0.1) is 0 Å². The molecule has 0 aromatic heterocycles. The van der Waals surface area contributed by atoms with Gasteiger partial charge in [0.25, 0.3) is 0 Å². The van der Waals surface area contributed by atoms with Gasteiger partial charge >= 0.3 is 0 Å². The van der Waals surface area contributed by atoms with Crippen molar-refractivity contribution < 1.29 is 23.5 Å². The van der Waals surface area contributed by atoms with E-state index >= 15 is 0 Å². The first-order chi connectivity index (χ1) is 10.4. The van der Waals surface area contributed by atoms with Crippen LogP contribution in [0.5, 0.6) is 0 Å². The second-order valence-corrected chi connectivity index (χ2v) is 6.51. The number of fused-ring (bicyclic) bond motifs is 5. The molecule has 2 aliphatic heterocycles. The van der Waals surface area contributed by atoms with E-state index in [0.717, 1.165) is 0 Å². The lowest BCUT2D eigenvalue weighted by Crippen LogP contribution is -2.50. The third-order valence-electron chi connectivity index (χ3n) is 4.69. The van der Waals surface area contributed by atoms with Gasteiger partial charge in [-0.2, -0.15) is 0 Å². The number of aldehydes is 1. The number of halogens is 1. The van der Waals surface area contributed by atoms with Crippen LogP contribution in [0, 0.1) is 11.7 Å². The molecule has 0 N–H and O–H groups in total. The van der Waals surface area contributed by atoms with Gasteiger partial charge in [-0.1, -0.05) is 0 Å². The molecule has 1 aromatic rings. The lowest BCUT2D eigenvalue weighted by molar-refractivity contribution is -0.155. The highest BCUT2D eigenvalue weighted by atomic mass is 19.1. The van der Waals surface area contributed by atoms with Crippen LogP contribution in [0.2, 0.25) is 0 Å². The van der Waals surface area contributed by atoms with Gasteiger partial charge in [0.2, 0.25) is 5.91 Å². The maximum absolute atomic E-state index is 14.2. The number of amides is 1. The summed E-state index contributed by atoms with van der Waals surface area (Å²) in [6, 6.07) is 3.77. The second-order valence-electron chi connectivity index (χ2n) is 6.51. The number of anilines is 1. The first-order valence-electron chi connectivity index (χ1n) is 7.35. The number of benzene rings is 1. The van der Waals surface area contributed by atoms with Crippen LogP contribution in [0.3, 0.4) is 0 Å². The zero-order valence-corrected chi connectivity index (χ0v) is 12.3. The molecule has 0 radical (unpaired) electrons. The van der Waals surface area contributed by atoms with E-state index in [0.29, 0.717) is 18.3 Å². The summed E-state index contributed by atoms with van der Waals surface area (Å²) in [5.74, 6) is -1.71. The van der Waals surface area contributed by atoms with Gasteiger partial charge in [-0.3, -0.25) is 9.59 Å². The third kappa shape index (κ3) is 1.77. The second kappa shape index (κ2) is 4.36. The molecule has 2 saturated heterocycles. The van der Waals surface area contributed by atoms with Gasteiger partial charge in [0.15, 0.2) is 5.79 Å². The zero-order chi connectivity index (χ0) is 15.6. The van der Waals surface area contributed by atoms with Gasteiger partial charge in [0.1, 0.15) is 24.3 Å². The maximum atomic E-state index is 14.2. The van der Waals surface area contributed by atoms with Crippen LogP contribution in [0.15, 0.2) is 18.2 Å². The molecule has 4 rings (SSSR count). The van der Waals surface area contributed by atoms with Gasteiger partial charge in [-0.05, 0) is 38.5 Å². The maximum Gasteiger partial charge on any atom is 0.233 e. The van der Waals surface area contributed by atoms with Gasteiger partial charge in [-0.25, -0.2) is 4.39 Å². The molecule has 4 atom stereocenters. The zero-order valence-electron chi connectivity index (χ0n) is 12.3. The van der Waals surface area contributed by atoms with Gasteiger partial charge in [0, 0.05) is 5.56 Å². The highest BCUT2D eigenvalue weighted by molar-refractivity contribution is 6.00. The molecule has 2 bridgehead atoms. The van der Waals surface area contributed by atoms with Crippen LogP contribution >= 0.6 is 0 Å². The van der Waals surface area contributed by atoms with Gasteiger partial charge < -0.3 is 14.4 Å². The summed E-state index contributed by atoms with van der Waals surface area (Å²) in [4.78, 5) is 25.0. The Kier molecular flexibility index (Phi) is 2.75. The number of nitrogens with zero attached hydrogens (tertiary/aromatic N) is 1. The summed E-state index contributed by atoms with van der Waals surface area (Å²) in [5.41, 5.74) is 0.487. The van der Waals surface area contributed by atoms with Crippen LogP contribution in [0.1, 0.15) is 30.6 Å². The average molecular weight is 305 g/mol. The SMILES string of the molecule is CC1(C)O[C@@H]2[C@H](O1)[C@@H]1C[C@H]2N(c2cc(C=O)ccc2F)C1=O. The molecule has 5 nitrogen and oxygen atoms in total. The molecule has 2 heterocycles. The fraction of sp³-hybridized carbons (Fsp3) is 0.500. The van der Waals surface area contributed by atoms with Crippen molar-refractivity contribution in [2.45, 2.75) is 44.3 Å². The van der Waals surface area contributed by atoms with E-state index in [1.165, 1.54) is 23.1 Å². The standard InChI is InChI=1S/C16H16FNO4/c1-16(2)21-13-9-6-12(14(13)22-16)18(15(9)20)11-5-8(7-19)3-4-10(11)17/h3-5,7,9,12-14H,6H2,1-2H3/t9-,12+,13+,14-/m0/s1. The van der Waals surface area contributed by atoms with Crippen molar-refractivity contribution in [3.8, 4) is 0 Å². The first-order valence-corrected chi connectivity index (χ1v) is 7.35. The lowest BCUT2D eigenvalue weighted by atomic mass is 10.0. The van der Waals surface area contributed by atoms with E-state index in [-0.39, 0.29) is 35.8 Å². The molecule has 3 fully saturated rings. The molecule has 22 heavy (non-hydrogen) atoms. The molecule has 0 spiro atoms. The van der Waals surface area contributed by atoms with Crippen LogP contribution in [-0.4, -0.2) is 36.2 Å². The fourth-order valence-electron chi connectivity index (χ4n) is 3.88. The fourth-order valence-corrected chi connectivity index (χ4v) is 3.88. The molecule has 3 aliphatic rings. The topological polar surface area (TPSA) is 55.8 Å². The summed E-state index contributed by atoms with van der Waals surface area (Å²) >= 11 is 0. The predicted molar refractivity (Wildman–Crippen MR) is 75.0 cm³/mol. The van der Waals surface area contributed by atoms with Crippen molar-refractivity contribution in [2.24, 2.45) is 5.92 Å². The van der Waals surface area contributed by atoms with Crippen molar-refractivity contribution in [3.05, 3.63) is 29.6 Å². The number of hydrogen-bond donors (Lipinski definition) is 0. The minimum Gasteiger partial charge on any atom is -0.344 e. The Bertz CT molecular complexity index is 674. The van der Waals surface area contributed by atoms with Crippen molar-refractivity contribution in [3.63, 3.8) is 0 Å². The largest absolute Gasteiger partial charge is 0.344 e. The van der Waals surface area contributed by atoms with E-state index in [4.69, 9.17) is 9.47 Å². The minimum atomic E-state index is -0.730. The Hall–Kier alpha value is -1.79. The van der Waals surface area contributed by atoms with Gasteiger partial charge in [0.05, 0.1) is 17.6 Å². The Morgan fingerprint density at radius 1 is 1.32 bits per heavy atom. The van der Waals surface area contributed by atoms with E-state index < -0.39 is 11.6 Å². The molecular weight excluding hydrogens is 289 g/mol. The molecule has 1 aliphatic carbocycles. The first kappa shape index (κ1) is 13.8. The molecule has 1 amide bonds. The van der Waals surface area contributed by atoms with Crippen molar-refractivity contribution in [1.82, 2.24) is 0 Å². The summed E-state index contributed by atoms with van der Waals surface area (Å²) in [6.45, 7) is 3.63.